The molecule has 1 aromatic heterocycles. The third kappa shape index (κ3) is 8.15. The predicted octanol–water partition coefficient (Wildman–Crippen LogP) is 4.46. The van der Waals surface area contributed by atoms with E-state index in [1.54, 1.807) is 12.1 Å². The van der Waals surface area contributed by atoms with E-state index in [0.717, 1.165) is 67.7 Å². The van der Waals surface area contributed by atoms with Gasteiger partial charge in [0.1, 0.15) is 5.02 Å². The Morgan fingerprint density at radius 1 is 1.06 bits per heavy atom. The van der Waals surface area contributed by atoms with Gasteiger partial charge in [0, 0.05) is 44.6 Å². The molecule has 0 spiro atoms. The molecule has 1 saturated heterocycles. The Labute approximate surface area is 203 Å². The van der Waals surface area contributed by atoms with E-state index in [4.69, 9.17) is 11.6 Å². The van der Waals surface area contributed by atoms with Crippen molar-refractivity contribution in [3.63, 3.8) is 0 Å². The Morgan fingerprint density at radius 2 is 1.69 bits per heavy atom. The number of pyridine rings is 1. The lowest BCUT2D eigenvalue weighted by Crippen LogP contribution is -2.44. The van der Waals surface area contributed by atoms with Crippen LogP contribution in [0, 0.1) is 0 Å². The van der Waals surface area contributed by atoms with Gasteiger partial charge in [-0.15, -0.1) is 24.8 Å². The van der Waals surface area contributed by atoms with Crippen LogP contribution in [0.25, 0.3) is 0 Å². The summed E-state index contributed by atoms with van der Waals surface area (Å²) in [7, 11) is 2.14. The van der Waals surface area contributed by atoms with Gasteiger partial charge in [0.15, 0.2) is 0 Å². The number of nitrogens with zero attached hydrogens (tertiary/aromatic N) is 3. The lowest BCUT2D eigenvalue weighted by molar-refractivity contribution is -0.138. The third-order valence-electron chi connectivity index (χ3n) is 5.25. The van der Waals surface area contributed by atoms with E-state index in [9.17, 15) is 18.0 Å². The van der Waals surface area contributed by atoms with Crippen molar-refractivity contribution in [1.29, 1.82) is 0 Å². The minimum atomic E-state index is -4.56. The first kappa shape index (κ1) is 28.6. The predicted molar refractivity (Wildman–Crippen MR) is 128 cm³/mol. The van der Waals surface area contributed by atoms with E-state index in [1.807, 2.05) is 12.1 Å². The molecule has 3 rings (SSSR count). The van der Waals surface area contributed by atoms with Gasteiger partial charge in [-0.2, -0.15) is 13.2 Å². The molecule has 1 fully saturated rings. The average molecular weight is 516 g/mol. The zero-order valence-electron chi connectivity index (χ0n) is 17.7. The monoisotopic (exact) mass is 514 g/mol. The lowest BCUT2D eigenvalue weighted by atomic mass is 10.2. The van der Waals surface area contributed by atoms with Crippen molar-refractivity contribution < 1.29 is 13.2 Å². The highest BCUT2D eigenvalue weighted by Crippen LogP contribution is 2.29. The number of aromatic nitrogens is 1. The minimum absolute atomic E-state index is 0. The summed E-state index contributed by atoms with van der Waals surface area (Å²) >= 11 is 5.70. The summed E-state index contributed by atoms with van der Waals surface area (Å²) in [5.41, 5.74) is 0.0727. The van der Waals surface area contributed by atoms with Crippen LogP contribution in [0.4, 0.5) is 18.9 Å². The fourth-order valence-electron chi connectivity index (χ4n) is 3.40. The van der Waals surface area contributed by atoms with Gasteiger partial charge in [0.05, 0.1) is 12.1 Å². The Hall–Kier alpha value is -1.45. The summed E-state index contributed by atoms with van der Waals surface area (Å²) in [6.07, 6.45) is -2.72. The molecule has 11 heteroatoms. The highest BCUT2D eigenvalue weighted by molar-refractivity contribution is 6.30. The van der Waals surface area contributed by atoms with E-state index in [-0.39, 0.29) is 31.4 Å². The molecule has 1 aliphatic rings. The Balaban J connectivity index is 0.00000256. The molecule has 180 valence electrons. The summed E-state index contributed by atoms with van der Waals surface area (Å²) in [5, 5.41) is 2.92. The number of piperazine rings is 1. The van der Waals surface area contributed by atoms with E-state index >= 15 is 0 Å². The second kappa shape index (κ2) is 12.7. The summed E-state index contributed by atoms with van der Waals surface area (Å²) in [4.78, 5) is 16.9. The molecule has 0 amide bonds. The first-order valence-corrected chi connectivity index (χ1v) is 10.3. The maximum Gasteiger partial charge on any atom is 0.417 e. The maximum atomic E-state index is 13.0. The van der Waals surface area contributed by atoms with E-state index in [0.29, 0.717) is 6.07 Å². The Bertz CT molecular complexity index is 899. The second-order valence-corrected chi connectivity index (χ2v) is 8.04. The first-order valence-electron chi connectivity index (χ1n) is 9.93. The Morgan fingerprint density at radius 3 is 2.28 bits per heavy atom. The van der Waals surface area contributed by atoms with Gasteiger partial charge < -0.3 is 19.7 Å². The second-order valence-electron chi connectivity index (χ2n) is 7.63. The molecule has 0 saturated carbocycles. The van der Waals surface area contributed by atoms with E-state index in [1.165, 1.54) is 0 Å². The number of hydrogen-bond donors (Lipinski definition) is 1. The number of rotatable bonds is 7. The number of anilines is 1. The molecule has 1 aromatic carbocycles. The third-order valence-corrected chi connectivity index (χ3v) is 5.52. The fourth-order valence-corrected chi connectivity index (χ4v) is 3.63. The van der Waals surface area contributed by atoms with Crippen molar-refractivity contribution >= 4 is 42.1 Å². The van der Waals surface area contributed by atoms with Gasteiger partial charge >= 0.3 is 6.18 Å². The van der Waals surface area contributed by atoms with E-state index in [2.05, 4.69) is 22.2 Å². The van der Waals surface area contributed by atoms with Crippen LogP contribution in [0.3, 0.4) is 0 Å². The molecule has 0 unspecified atom stereocenters. The molecule has 0 bridgehead atoms. The molecule has 0 radical (unpaired) electrons. The van der Waals surface area contributed by atoms with Crippen molar-refractivity contribution in [2.75, 3.05) is 51.6 Å². The van der Waals surface area contributed by atoms with Crippen LogP contribution in [-0.4, -0.2) is 60.7 Å². The van der Waals surface area contributed by atoms with Gasteiger partial charge in [-0.3, -0.25) is 4.79 Å². The Kier molecular flexibility index (Phi) is 11.3. The normalized spacial score (nSPS) is 15.0. The molecule has 1 N–H and O–H groups in total. The van der Waals surface area contributed by atoms with Crippen LogP contribution in [0.2, 0.25) is 5.02 Å². The molecule has 0 aliphatic carbocycles. The number of alkyl halides is 3. The number of nitrogens with one attached hydrogen (secondary N) is 1. The summed E-state index contributed by atoms with van der Waals surface area (Å²) in [6, 6.07) is 7.99. The fraction of sp³-hybridized carbons (Fsp3) is 0.476. The molecular weight excluding hydrogens is 488 g/mol. The summed E-state index contributed by atoms with van der Waals surface area (Å²) < 4.78 is 39.9. The molecule has 2 aromatic rings. The number of hydrogen-bond acceptors (Lipinski definition) is 4. The van der Waals surface area contributed by atoms with Gasteiger partial charge in [0.2, 0.25) is 0 Å². The van der Waals surface area contributed by atoms with Gasteiger partial charge in [-0.25, -0.2) is 0 Å². The first-order chi connectivity index (χ1) is 14.2. The van der Waals surface area contributed by atoms with Crippen LogP contribution in [-0.2, 0) is 12.7 Å². The molecule has 1 aliphatic heterocycles. The molecular formula is C21H28Cl3F3N4O. The van der Waals surface area contributed by atoms with Crippen LogP contribution < -0.4 is 10.9 Å². The number of likely N-dealkylation sites (N-methyl/N-ethyl adjacent to an activating group) is 1. The molecule has 2 heterocycles. The largest absolute Gasteiger partial charge is 0.417 e. The minimum Gasteiger partial charge on any atom is -0.385 e. The van der Waals surface area contributed by atoms with Crippen molar-refractivity contribution in [3.05, 3.63) is 63.0 Å². The summed E-state index contributed by atoms with van der Waals surface area (Å²) in [5.74, 6) is 0. The quantitative estimate of drug-likeness (QED) is 0.553. The lowest BCUT2D eigenvalue weighted by Gasteiger charge is -2.32. The molecule has 0 atom stereocenters. The van der Waals surface area contributed by atoms with Gasteiger partial charge in [-0.1, -0.05) is 23.7 Å². The highest BCUT2D eigenvalue weighted by Gasteiger charge is 2.32. The SMILES string of the molecule is CN1CCN(CCCNc2ccc(Cn3cc(C(F)(F)F)cc(Cl)c3=O)cc2)CC1.Cl.Cl. The van der Waals surface area contributed by atoms with Crippen LogP contribution in [0.5, 0.6) is 0 Å². The average Bonchev–Trinajstić information content (AvgIpc) is 2.70. The number of benzene rings is 1. The molecule has 5 nitrogen and oxygen atoms in total. The standard InChI is InChI=1S/C21H26ClF3N4O.2ClH/c1-27-9-11-28(12-10-27)8-2-7-26-18-5-3-16(4-6-18)14-29-15-17(21(23,24)25)13-19(22)20(29)30;;/h3-6,13,15,26H,2,7-12,14H2,1H3;2*1H. The summed E-state index contributed by atoms with van der Waals surface area (Å²) in [6.45, 7) is 6.33. The molecule has 32 heavy (non-hydrogen) atoms. The zero-order chi connectivity index (χ0) is 21.7. The highest BCUT2D eigenvalue weighted by atomic mass is 35.5. The van der Waals surface area contributed by atoms with Crippen LogP contribution in [0.1, 0.15) is 17.5 Å². The van der Waals surface area contributed by atoms with Crippen molar-refractivity contribution in [2.45, 2.75) is 19.1 Å². The van der Waals surface area contributed by atoms with Crippen molar-refractivity contribution in [1.82, 2.24) is 14.4 Å². The zero-order valence-corrected chi connectivity index (χ0v) is 20.1. The van der Waals surface area contributed by atoms with Crippen LogP contribution in [0.15, 0.2) is 41.3 Å². The van der Waals surface area contributed by atoms with Crippen molar-refractivity contribution in [3.8, 4) is 0 Å². The van der Waals surface area contributed by atoms with E-state index < -0.39 is 22.3 Å². The smallest absolute Gasteiger partial charge is 0.385 e. The van der Waals surface area contributed by atoms with Crippen LogP contribution >= 0.6 is 36.4 Å². The number of halogens is 6. The van der Waals surface area contributed by atoms with Gasteiger partial charge in [-0.05, 0) is 43.8 Å². The topological polar surface area (TPSA) is 40.5 Å². The maximum absolute atomic E-state index is 13.0. The van der Waals surface area contributed by atoms with Crippen molar-refractivity contribution in [2.24, 2.45) is 0 Å². The van der Waals surface area contributed by atoms with Gasteiger partial charge in [0.25, 0.3) is 5.56 Å².